The van der Waals surface area contributed by atoms with Crippen molar-refractivity contribution in [3.63, 3.8) is 0 Å². The molecule has 0 fully saturated rings. The molecule has 0 radical (unpaired) electrons. The normalized spacial score (nSPS) is 15.3. The van der Waals surface area contributed by atoms with E-state index in [-0.39, 0.29) is 5.92 Å². The lowest BCUT2D eigenvalue weighted by Gasteiger charge is -2.27. The SMILES string of the molecule is CC1CC=C(C#N)C(n2c3ccccc3c3ccc4oc5ccccc5c4c32)=C1c1ccc(-n2c3ccccc3c3ccccc32)cc1. The Balaban J connectivity index is 1.27. The summed E-state index contributed by atoms with van der Waals surface area (Å²) in [5.74, 6) is 0.202. The van der Waals surface area contributed by atoms with Crippen molar-refractivity contribution in [1.82, 2.24) is 9.13 Å². The van der Waals surface area contributed by atoms with E-state index in [9.17, 15) is 5.26 Å². The predicted octanol–water partition coefficient (Wildman–Crippen LogP) is 11.6. The highest BCUT2D eigenvalue weighted by atomic mass is 16.3. The highest BCUT2D eigenvalue weighted by Crippen LogP contribution is 2.46. The van der Waals surface area contributed by atoms with Gasteiger partial charge in [0.05, 0.1) is 38.7 Å². The van der Waals surface area contributed by atoms with Crippen molar-refractivity contribution in [3.05, 3.63) is 151 Å². The number of allylic oxidation sites excluding steroid dienone is 4. The summed E-state index contributed by atoms with van der Waals surface area (Å²) in [4.78, 5) is 0. The van der Waals surface area contributed by atoms with Crippen molar-refractivity contribution in [3.8, 4) is 11.8 Å². The summed E-state index contributed by atoms with van der Waals surface area (Å²) in [5.41, 5.74) is 11.3. The second kappa shape index (κ2) is 10.1. The van der Waals surface area contributed by atoms with Crippen molar-refractivity contribution in [2.45, 2.75) is 13.3 Å². The molecule has 4 nitrogen and oxygen atoms in total. The summed E-state index contributed by atoms with van der Waals surface area (Å²) >= 11 is 0. The fourth-order valence-electron chi connectivity index (χ4n) is 8.14. The Bertz CT molecular complexity index is 2830. The average molecular weight is 616 g/mol. The number of fused-ring (bicyclic) bond motifs is 10. The minimum Gasteiger partial charge on any atom is -0.456 e. The van der Waals surface area contributed by atoms with Gasteiger partial charge in [0.25, 0.3) is 0 Å². The molecule has 0 spiro atoms. The van der Waals surface area contributed by atoms with Gasteiger partial charge in [0.2, 0.25) is 0 Å². The van der Waals surface area contributed by atoms with Crippen LogP contribution in [0, 0.1) is 17.2 Å². The van der Waals surface area contributed by atoms with E-state index in [1.807, 2.05) is 12.1 Å². The van der Waals surface area contributed by atoms with Crippen LogP contribution in [-0.2, 0) is 0 Å². The Morgan fingerprint density at radius 3 is 1.85 bits per heavy atom. The number of benzene rings is 6. The first-order valence-electron chi connectivity index (χ1n) is 16.5. The average Bonchev–Trinajstić information content (AvgIpc) is 3.79. The van der Waals surface area contributed by atoms with Gasteiger partial charge in [0.1, 0.15) is 17.2 Å². The van der Waals surface area contributed by atoms with E-state index < -0.39 is 0 Å². The van der Waals surface area contributed by atoms with E-state index in [0.29, 0.717) is 5.57 Å². The molecule has 3 aromatic heterocycles. The van der Waals surface area contributed by atoms with Crippen molar-refractivity contribution in [1.29, 1.82) is 5.26 Å². The van der Waals surface area contributed by atoms with Crippen LogP contribution < -0.4 is 0 Å². The van der Waals surface area contributed by atoms with Gasteiger partial charge in [-0.2, -0.15) is 5.26 Å². The van der Waals surface area contributed by atoms with E-state index in [1.165, 1.54) is 27.4 Å². The van der Waals surface area contributed by atoms with Crippen LogP contribution in [0.4, 0.5) is 0 Å². The molecule has 0 saturated carbocycles. The smallest absolute Gasteiger partial charge is 0.137 e. The van der Waals surface area contributed by atoms with Gasteiger partial charge < -0.3 is 13.6 Å². The number of rotatable bonds is 3. The zero-order valence-electron chi connectivity index (χ0n) is 26.3. The van der Waals surface area contributed by atoms with Gasteiger partial charge in [-0.05, 0) is 72.0 Å². The molecule has 3 heterocycles. The molecule has 0 amide bonds. The highest BCUT2D eigenvalue weighted by Gasteiger charge is 2.28. The number of para-hydroxylation sites is 4. The van der Waals surface area contributed by atoms with Crippen molar-refractivity contribution < 1.29 is 4.42 Å². The van der Waals surface area contributed by atoms with Crippen molar-refractivity contribution in [2.75, 3.05) is 0 Å². The van der Waals surface area contributed by atoms with Crippen molar-refractivity contribution in [2.24, 2.45) is 5.92 Å². The molecule has 10 rings (SSSR count). The Hall–Kier alpha value is -6.31. The molecular weight excluding hydrogens is 587 g/mol. The summed E-state index contributed by atoms with van der Waals surface area (Å²) in [6.45, 7) is 2.28. The Morgan fingerprint density at radius 2 is 1.19 bits per heavy atom. The number of aromatic nitrogens is 2. The molecule has 0 N–H and O–H groups in total. The molecule has 1 unspecified atom stereocenters. The summed E-state index contributed by atoms with van der Waals surface area (Å²) in [5, 5.41) is 17.6. The number of nitriles is 1. The van der Waals surface area contributed by atoms with E-state index >= 15 is 0 Å². The minimum absolute atomic E-state index is 0.202. The lowest BCUT2D eigenvalue weighted by Crippen LogP contribution is -2.12. The molecule has 6 aromatic carbocycles. The maximum atomic E-state index is 10.7. The van der Waals surface area contributed by atoms with Crippen LogP contribution in [0.5, 0.6) is 0 Å². The van der Waals surface area contributed by atoms with Crippen molar-refractivity contribution >= 4 is 76.8 Å². The zero-order valence-corrected chi connectivity index (χ0v) is 26.3. The van der Waals surface area contributed by atoms with E-state index in [0.717, 1.165) is 67.1 Å². The second-order valence-electron chi connectivity index (χ2n) is 12.8. The van der Waals surface area contributed by atoms with Gasteiger partial charge in [0, 0.05) is 32.6 Å². The maximum Gasteiger partial charge on any atom is 0.137 e. The highest BCUT2D eigenvalue weighted by molar-refractivity contribution is 6.26. The maximum absolute atomic E-state index is 10.7. The molecule has 1 aliphatic rings. The Morgan fingerprint density at radius 1 is 0.604 bits per heavy atom. The van der Waals surface area contributed by atoms with E-state index in [4.69, 9.17) is 4.42 Å². The fourth-order valence-corrected chi connectivity index (χ4v) is 8.14. The van der Waals surface area contributed by atoms with Crippen LogP contribution in [0.1, 0.15) is 18.9 Å². The third-order valence-electron chi connectivity index (χ3n) is 10.2. The molecule has 0 aliphatic heterocycles. The second-order valence-corrected chi connectivity index (χ2v) is 12.8. The van der Waals surface area contributed by atoms with Gasteiger partial charge in [0.15, 0.2) is 0 Å². The zero-order chi connectivity index (χ0) is 31.9. The largest absolute Gasteiger partial charge is 0.456 e. The topological polar surface area (TPSA) is 46.8 Å². The van der Waals surface area contributed by atoms with Crippen LogP contribution in [0.15, 0.2) is 150 Å². The number of hydrogen-bond donors (Lipinski definition) is 0. The van der Waals surface area contributed by atoms with Gasteiger partial charge >= 0.3 is 0 Å². The summed E-state index contributed by atoms with van der Waals surface area (Å²) in [6.07, 6.45) is 2.92. The first-order chi connectivity index (χ1) is 23.7. The molecule has 1 aliphatic carbocycles. The number of furan rings is 1. The first-order valence-corrected chi connectivity index (χ1v) is 16.5. The third kappa shape index (κ3) is 3.64. The monoisotopic (exact) mass is 615 g/mol. The van der Waals surface area contributed by atoms with Crippen LogP contribution in [0.2, 0.25) is 0 Å². The fraction of sp³-hybridized carbons (Fsp3) is 0.0682. The molecule has 226 valence electrons. The van der Waals surface area contributed by atoms with Crippen LogP contribution in [0.3, 0.4) is 0 Å². The quantitative estimate of drug-likeness (QED) is 0.198. The van der Waals surface area contributed by atoms with Gasteiger partial charge in [-0.1, -0.05) is 97.9 Å². The molecule has 0 saturated heterocycles. The summed E-state index contributed by atoms with van der Waals surface area (Å²) in [6, 6.07) is 49.8. The van der Waals surface area contributed by atoms with Gasteiger partial charge in [-0.15, -0.1) is 0 Å². The standard InChI is InChI=1S/C44H29N3O/c1-27-18-19-29(26-45)43(41(27)28-20-22-30(23-21-28)46-36-14-6-2-10-31(36)32-11-3-7-15-37(32)46)47-38-16-8-4-12-33(38)34-24-25-40-42(44(34)47)35-13-5-9-17-39(35)48-40/h2-17,19-25,27H,18H2,1H3. The molecule has 9 aromatic rings. The third-order valence-corrected chi connectivity index (χ3v) is 10.2. The molecule has 48 heavy (non-hydrogen) atoms. The predicted molar refractivity (Wildman–Crippen MR) is 198 cm³/mol. The lowest BCUT2D eigenvalue weighted by atomic mass is 9.83. The van der Waals surface area contributed by atoms with Crippen LogP contribution in [-0.4, -0.2) is 9.13 Å². The minimum atomic E-state index is 0.202. The molecule has 0 bridgehead atoms. The van der Waals surface area contributed by atoms with E-state index in [2.05, 4.69) is 150 Å². The first kappa shape index (κ1) is 26.9. The van der Waals surface area contributed by atoms with Crippen LogP contribution in [0.25, 0.3) is 82.5 Å². The van der Waals surface area contributed by atoms with Gasteiger partial charge in [-0.3, -0.25) is 0 Å². The van der Waals surface area contributed by atoms with Gasteiger partial charge in [-0.25, -0.2) is 0 Å². The summed E-state index contributed by atoms with van der Waals surface area (Å²) < 4.78 is 11.1. The molecule has 1 atom stereocenters. The molecular formula is C44H29N3O. The van der Waals surface area contributed by atoms with Crippen LogP contribution >= 0.6 is 0 Å². The lowest BCUT2D eigenvalue weighted by molar-refractivity contribution is 0.669. The van der Waals surface area contributed by atoms with E-state index in [1.54, 1.807) is 0 Å². The Kier molecular flexibility index (Phi) is 5.65. The number of nitrogens with zero attached hydrogens (tertiary/aromatic N) is 3. The molecule has 4 heteroatoms. The summed E-state index contributed by atoms with van der Waals surface area (Å²) in [7, 11) is 0. The Labute approximate surface area is 276 Å². The number of hydrogen-bond acceptors (Lipinski definition) is 2.